The van der Waals surface area contributed by atoms with Gasteiger partial charge in [-0.2, -0.15) is 0 Å². The van der Waals surface area contributed by atoms with Crippen LogP contribution in [0, 0.1) is 5.92 Å². The monoisotopic (exact) mass is 542 g/mol. The second-order valence-corrected chi connectivity index (χ2v) is 10.3. The molecular weight excluding hydrogens is 508 g/mol. The van der Waals surface area contributed by atoms with Gasteiger partial charge in [0.2, 0.25) is 0 Å². The standard InChI is InChI=1S/C29H35ClN2O6/c1-19(2)10-15-38-23-9-6-21(18-24(23)36-3)26-25(27(33)20-4-7-22(30)8-5-20)28(34)29(35)32(26)12-11-31-13-16-37-17-14-31/h4-9,18-19,26,33H,10-17H2,1-3H3. The summed E-state index contributed by atoms with van der Waals surface area (Å²) in [5, 5.41) is 11.8. The van der Waals surface area contributed by atoms with E-state index >= 15 is 0 Å². The molecule has 2 aromatic rings. The smallest absolute Gasteiger partial charge is 0.295 e. The highest BCUT2D eigenvalue weighted by Gasteiger charge is 2.46. The van der Waals surface area contributed by atoms with Gasteiger partial charge in [-0.1, -0.05) is 31.5 Å². The number of carbonyl (C=O) groups excluding carboxylic acids is 2. The van der Waals surface area contributed by atoms with Crippen molar-refractivity contribution in [2.75, 3.05) is 53.1 Å². The maximum Gasteiger partial charge on any atom is 0.295 e. The first-order chi connectivity index (χ1) is 18.3. The molecule has 0 radical (unpaired) electrons. The first-order valence-corrected chi connectivity index (χ1v) is 13.3. The molecule has 4 rings (SSSR count). The molecule has 204 valence electrons. The second-order valence-electron chi connectivity index (χ2n) is 9.89. The number of aliphatic hydroxyl groups excluding tert-OH is 1. The molecule has 2 saturated heterocycles. The van der Waals surface area contributed by atoms with E-state index in [-0.39, 0.29) is 11.3 Å². The van der Waals surface area contributed by atoms with Crippen LogP contribution in [0.1, 0.15) is 37.4 Å². The molecule has 0 aromatic heterocycles. The average molecular weight is 543 g/mol. The van der Waals surface area contributed by atoms with E-state index in [1.807, 2.05) is 6.07 Å². The van der Waals surface area contributed by atoms with Crippen molar-refractivity contribution in [3.8, 4) is 11.5 Å². The predicted molar refractivity (Wildman–Crippen MR) is 146 cm³/mol. The number of methoxy groups -OCH3 is 1. The summed E-state index contributed by atoms with van der Waals surface area (Å²) in [7, 11) is 1.55. The van der Waals surface area contributed by atoms with E-state index in [9.17, 15) is 14.7 Å². The molecule has 8 nitrogen and oxygen atoms in total. The minimum Gasteiger partial charge on any atom is -0.507 e. The Labute approximate surface area is 228 Å². The lowest BCUT2D eigenvalue weighted by Crippen LogP contribution is -2.42. The van der Waals surface area contributed by atoms with E-state index in [1.54, 1.807) is 43.5 Å². The van der Waals surface area contributed by atoms with E-state index in [1.165, 1.54) is 4.90 Å². The van der Waals surface area contributed by atoms with Crippen LogP contribution in [0.25, 0.3) is 5.76 Å². The Morgan fingerprint density at radius 1 is 1.08 bits per heavy atom. The van der Waals surface area contributed by atoms with Crippen molar-refractivity contribution in [1.82, 2.24) is 9.80 Å². The first kappa shape index (κ1) is 28.0. The Bertz CT molecular complexity index is 1170. The fourth-order valence-electron chi connectivity index (χ4n) is 4.67. The third-order valence-corrected chi connectivity index (χ3v) is 7.13. The van der Waals surface area contributed by atoms with E-state index in [0.29, 0.717) is 66.5 Å². The molecule has 2 fully saturated rings. The van der Waals surface area contributed by atoms with Crippen LogP contribution in [0.4, 0.5) is 0 Å². The highest BCUT2D eigenvalue weighted by Crippen LogP contribution is 2.42. The molecule has 2 aliphatic heterocycles. The van der Waals surface area contributed by atoms with Gasteiger partial charge < -0.3 is 24.2 Å². The van der Waals surface area contributed by atoms with Crippen LogP contribution in [0.15, 0.2) is 48.0 Å². The van der Waals surface area contributed by atoms with Gasteiger partial charge in [0.25, 0.3) is 11.7 Å². The quantitative estimate of drug-likeness (QED) is 0.268. The number of hydrogen-bond donors (Lipinski definition) is 1. The number of hydrogen-bond acceptors (Lipinski definition) is 7. The highest BCUT2D eigenvalue weighted by molar-refractivity contribution is 6.46. The minimum atomic E-state index is -0.787. The molecular formula is C29H35ClN2O6. The summed E-state index contributed by atoms with van der Waals surface area (Å²) in [6, 6.07) is 11.1. The molecule has 2 aliphatic rings. The summed E-state index contributed by atoms with van der Waals surface area (Å²) >= 11 is 6.03. The summed E-state index contributed by atoms with van der Waals surface area (Å²) < 4.78 is 17.0. The van der Waals surface area contributed by atoms with Gasteiger partial charge >= 0.3 is 0 Å². The lowest BCUT2D eigenvalue weighted by atomic mass is 9.95. The topological polar surface area (TPSA) is 88.5 Å². The molecule has 0 spiro atoms. The van der Waals surface area contributed by atoms with Crippen molar-refractivity contribution >= 4 is 29.1 Å². The number of morpholine rings is 1. The zero-order chi connectivity index (χ0) is 27.2. The Kier molecular flexibility index (Phi) is 9.31. The van der Waals surface area contributed by atoms with Gasteiger partial charge in [0.05, 0.1) is 38.5 Å². The zero-order valence-corrected chi connectivity index (χ0v) is 22.9. The van der Waals surface area contributed by atoms with Crippen LogP contribution < -0.4 is 9.47 Å². The maximum atomic E-state index is 13.3. The van der Waals surface area contributed by atoms with Crippen LogP contribution in [-0.4, -0.2) is 79.7 Å². The molecule has 9 heteroatoms. The number of rotatable bonds is 10. The van der Waals surface area contributed by atoms with E-state index in [2.05, 4.69) is 18.7 Å². The highest BCUT2D eigenvalue weighted by atomic mass is 35.5. The average Bonchev–Trinajstić information content (AvgIpc) is 3.17. The molecule has 0 bridgehead atoms. The van der Waals surface area contributed by atoms with Gasteiger partial charge in [0, 0.05) is 36.8 Å². The summed E-state index contributed by atoms with van der Waals surface area (Å²) in [6.45, 7) is 8.49. The van der Waals surface area contributed by atoms with Gasteiger partial charge in [-0.25, -0.2) is 0 Å². The molecule has 38 heavy (non-hydrogen) atoms. The van der Waals surface area contributed by atoms with Gasteiger partial charge in [-0.05, 0) is 54.3 Å². The van der Waals surface area contributed by atoms with Crippen molar-refractivity contribution in [3.63, 3.8) is 0 Å². The third-order valence-electron chi connectivity index (χ3n) is 6.87. The summed E-state index contributed by atoms with van der Waals surface area (Å²) in [6.07, 6.45) is 0.897. The lowest BCUT2D eigenvalue weighted by Gasteiger charge is -2.31. The van der Waals surface area contributed by atoms with Crippen molar-refractivity contribution in [2.24, 2.45) is 5.92 Å². The van der Waals surface area contributed by atoms with Crippen molar-refractivity contribution < 1.29 is 28.9 Å². The Hall–Kier alpha value is -3.07. The largest absolute Gasteiger partial charge is 0.507 e. The summed E-state index contributed by atoms with van der Waals surface area (Å²) in [5.74, 6) is -0.0264. The van der Waals surface area contributed by atoms with Crippen molar-refractivity contribution in [1.29, 1.82) is 0 Å². The number of nitrogens with zero attached hydrogens (tertiary/aromatic N) is 2. The van der Waals surface area contributed by atoms with Crippen LogP contribution >= 0.6 is 11.6 Å². The van der Waals surface area contributed by atoms with Crippen molar-refractivity contribution in [3.05, 3.63) is 64.2 Å². The number of aliphatic hydroxyl groups is 1. The van der Waals surface area contributed by atoms with Crippen LogP contribution in [0.3, 0.4) is 0 Å². The van der Waals surface area contributed by atoms with Crippen LogP contribution in [0.5, 0.6) is 11.5 Å². The number of ketones is 1. The Balaban J connectivity index is 1.72. The summed E-state index contributed by atoms with van der Waals surface area (Å²) in [5.41, 5.74) is 1.09. The Morgan fingerprint density at radius 2 is 1.79 bits per heavy atom. The van der Waals surface area contributed by atoms with Crippen LogP contribution in [0.2, 0.25) is 5.02 Å². The van der Waals surface area contributed by atoms with Crippen LogP contribution in [-0.2, 0) is 14.3 Å². The fourth-order valence-corrected chi connectivity index (χ4v) is 4.80. The SMILES string of the molecule is COc1cc(C2C(=C(O)c3ccc(Cl)cc3)C(=O)C(=O)N2CCN2CCOCC2)ccc1OCCC(C)C. The molecule has 1 atom stereocenters. The van der Waals surface area contributed by atoms with Crippen molar-refractivity contribution in [2.45, 2.75) is 26.3 Å². The van der Waals surface area contributed by atoms with E-state index in [0.717, 1.165) is 19.5 Å². The van der Waals surface area contributed by atoms with E-state index < -0.39 is 17.7 Å². The molecule has 1 unspecified atom stereocenters. The van der Waals surface area contributed by atoms with Gasteiger partial charge in [-0.3, -0.25) is 14.5 Å². The zero-order valence-electron chi connectivity index (χ0n) is 22.1. The molecule has 1 N–H and O–H groups in total. The van der Waals surface area contributed by atoms with Gasteiger partial charge in [0.15, 0.2) is 11.5 Å². The lowest BCUT2D eigenvalue weighted by molar-refractivity contribution is -0.140. The fraction of sp³-hybridized carbons (Fsp3) is 0.448. The normalized spacial score (nSPS) is 19.8. The number of Topliss-reactive ketones (excluding diaryl/α,β-unsaturated/α-hetero) is 1. The second kappa shape index (κ2) is 12.7. The van der Waals surface area contributed by atoms with Gasteiger partial charge in [0.1, 0.15) is 5.76 Å². The molecule has 0 aliphatic carbocycles. The first-order valence-electron chi connectivity index (χ1n) is 12.9. The molecule has 0 saturated carbocycles. The van der Waals surface area contributed by atoms with E-state index in [4.69, 9.17) is 25.8 Å². The third kappa shape index (κ3) is 6.31. The Morgan fingerprint density at radius 3 is 2.45 bits per heavy atom. The number of amides is 1. The molecule has 1 amide bonds. The molecule has 2 aromatic carbocycles. The summed E-state index contributed by atoms with van der Waals surface area (Å²) in [4.78, 5) is 30.4. The van der Waals surface area contributed by atoms with Gasteiger partial charge in [-0.15, -0.1) is 0 Å². The number of halogens is 1. The minimum absolute atomic E-state index is 0.0369. The number of benzene rings is 2. The number of ether oxygens (including phenoxy) is 3. The predicted octanol–water partition coefficient (Wildman–Crippen LogP) is 4.53. The number of carbonyl (C=O) groups is 2. The maximum absolute atomic E-state index is 13.3. The molecule has 2 heterocycles. The number of likely N-dealkylation sites (tertiary alicyclic amines) is 1.